The van der Waals surface area contributed by atoms with Gasteiger partial charge < -0.3 is 59.2 Å². The van der Waals surface area contributed by atoms with Crippen LogP contribution >= 0.6 is 0 Å². The van der Waals surface area contributed by atoms with E-state index in [4.69, 9.17) is 37.9 Å². The third kappa shape index (κ3) is 18.3. The fraction of sp³-hybridized carbons (Fsp3) is 0.269. The van der Waals surface area contributed by atoms with E-state index in [0.717, 1.165) is 104 Å². The van der Waals surface area contributed by atoms with Crippen LogP contribution in [0.5, 0.6) is 69.0 Å². The van der Waals surface area contributed by atoms with E-state index in [0.29, 0.717) is 144 Å². The number of aromatic nitrogens is 4. The molecule has 0 bridgehead atoms. The van der Waals surface area contributed by atoms with Gasteiger partial charge in [0.15, 0.2) is 58.2 Å². The molecule has 12 aromatic rings. The average molecular weight is 1900 g/mol. The van der Waals surface area contributed by atoms with Gasteiger partial charge in [0.1, 0.15) is 146 Å². The van der Waals surface area contributed by atoms with Crippen molar-refractivity contribution in [2.45, 2.75) is 151 Å². The van der Waals surface area contributed by atoms with Gasteiger partial charge >= 0.3 is 0 Å². The van der Waals surface area contributed by atoms with Crippen LogP contribution in [0.4, 0.5) is 71.6 Å². The van der Waals surface area contributed by atoms with Gasteiger partial charge in [0.05, 0.1) is 0 Å². The maximum atomic E-state index is 13.9. The molecule has 4 aromatic heterocycles. The van der Waals surface area contributed by atoms with Gasteiger partial charge in [-0.15, -0.1) is 0 Å². The number of amides is 4. The molecule has 0 saturated heterocycles. The Bertz CT molecular complexity index is 7170. The summed E-state index contributed by atoms with van der Waals surface area (Å²) < 4.78 is 197. The van der Waals surface area contributed by atoms with Crippen LogP contribution in [0.1, 0.15) is 142 Å². The van der Waals surface area contributed by atoms with Crippen LogP contribution in [0.2, 0.25) is 0 Å². The number of benzene rings is 8. The molecule has 4 amide bonds. The molecule has 12 aliphatic rings. The Hall–Kier alpha value is -15.5. The number of pyridine rings is 4. The summed E-state index contributed by atoms with van der Waals surface area (Å²) in [6.45, 7) is 0. The van der Waals surface area contributed by atoms with Crippen molar-refractivity contribution in [2.75, 3.05) is 21.3 Å². The van der Waals surface area contributed by atoms with E-state index in [9.17, 15) is 86.7 Å². The number of Topliss-reactive ketones (excluding diaryl/α,β-unsaturated/α-hetero) is 4. The Kier molecular flexibility index (Phi) is 23.7. The Balaban J connectivity index is 0.000000110. The first-order valence-corrected chi connectivity index (χ1v) is 45.0. The maximum absolute atomic E-state index is 13.9. The number of anilines is 4. The summed E-state index contributed by atoms with van der Waals surface area (Å²) in [5.41, 5.74) is 7.01. The Morgan fingerprint density at radius 1 is 0.295 bits per heavy atom. The highest BCUT2D eigenvalue weighted by atomic mass is 19.2. The average Bonchev–Trinajstić information content (AvgIpc) is 1.57. The number of fused-ring (bicyclic) bond motifs is 16. The molecule has 4 saturated carbocycles. The van der Waals surface area contributed by atoms with Crippen molar-refractivity contribution >= 4 is 70.0 Å². The number of ether oxygens (including phenoxy) is 8. The highest BCUT2D eigenvalue weighted by Gasteiger charge is 2.62. The van der Waals surface area contributed by atoms with Crippen molar-refractivity contribution in [3.05, 3.63) is 307 Å². The molecule has 0 unspecified atom stereocenters. The van der Waals surface area contributed by atoms with Crippen LogP contribution in [0, 0.1) is 87.7 Å². The molecule has 4 N–H and O–H groups in total. The number of nitrogens with one attached hydrogen (secondary N) is 4. The van der Waals surface area contributed by atoms with Crippen molar-refractivity contribution in [1.82, 2.24) is 19.9 Å². The van der Waals surface area contributed by atoms with Crippen molar-refractivity contribution in [1.29, 1.82) is 0 Å². The molecule has 706 valence electrons. The van der Waals surface area contributed by atoms with Crippen LogP contribution in [0.3, 0.4) is 0 Å². The molecule has 8 aliphatic heterocycles. The SMILES string of the molecule is O=C(Cc1c(F)ccc(F)c1F)C[C@@H]1[C@H]2Oc3ccc(Oc4ccnc5c4CCC(=O)N5)cc3[C@@H]12.O=C(Cc1cc(F)c(F)c(F)c1)C[C@@H]1[C@H]2Oc3ccc(Oc4ccnc5c4CCC(=O)N5)cc3[C@@H]12.O=C(Cc1ccc(F)c(F)c1)C[C@@H]1[C@H]2Oc3ccc(Oc4ccnc5c4CCC(=O)N5)cc3[C@@H]12.O=C(Cc1ccc(F)c(F)c1F)C[C@@H]1[C@H]2Oc3ccc(Oc4ccnc5c4CCC(=O)N5)cc3[C@@H]12. The second-order valence-electron chi connectivity index (χ2n) is 36.0. The highest BCUT2D eigenvalue weighted by molar-refractivity contribution is 5.96. The second-order valence-corrected chi connectivity index (χ2v) is 36.0. The second kappa shape index (κ2) is 36.6. The van der Waals surface area contributed by atoms with Gasteiger partial charge in [0.25, 0.3) is 0 Å². The van der Waals surface area contributed by atoms with Crippen LogP contribution in [0.15, 0.2) is 176 Å². The number of rotatable bonds is 24. The lowest BCUT2D eigenvalue weighted by atomic mass is 10.0. The molecule has 0 spiro atoms. The Morgan fingerprint density at radius 3 is 0.964 bits per heavy atom. The van der Waals surface area contributed by atoms with E-state index in [1.165, 1.54) is 6.07 Å². The van der Waals surface area contributed by atoms with Gasteiger partial charge in [0, 0.05) is 199 Å². The molecule has 8 aromatic carbocycles. The molecule has 12 heterocycles. The number of carbonyl (C=O) groups is 8. The van der Waals surface area contributed by atoms with E-state index < -0.39 is 76.0 Å². The molecule has 139 heavy (non-hydrogen) atoms. The van der Waals surface area contributed by atoms with Crippen LogP contribution in [0.25, 0.3) is 0 Å². The lowest BCUT2D eigenvalue weighted by Crippen LogP contribution is -2.20. The summed E-state index contributed by atoms with van der Waals surface area (Å²) in [6, 6.07) is 37.8. The summed E-state index contributed by atoms with van der Waals surface area (Å²) in [6.07, 6.45) is 9.23. The lowest BCUT2D eigenvalue weighted by molar-refractivity contribution is -0.119. The zero-order valence-corrected chi connectivity index (χ0v) is 73.0. The summed E-state index contributed by atoms with van der Waals surface area (Å²) in [5.74, 6) is -4.94. The van der Waals surface area contributed by atoms with Crippen LogP contribution < -0.4 is 59.2 Å². The first kappa shape index (κ1) is 90.0. The van der Waals surface area contributed by atoms with Crippen molar-refractivity contribution in [2.24, 2.45) is 23.7 Å². The smallest absolute Gasteiger partial charge is 0.225 e. The minimum atomic E-state index is -1.57. The van der Waals surface area contributed by atoms with E-state index in [2.05, 4.69) is 41.2 Å². The monoisotopic (exact) mass is 1900 g/mol. The standard InChI is InChI=1S/3C26H19F3N2O4.C26H20F2N2O4/c27-18-3-4-19(28)24(29)15(18)9-12(32)10-17-23-16-11-13(1-5-20(16)35-25(17)23)34-21-7-8-30-26-14(21)2-6-22(33)31-26;27-18-4-1-12(23(28)24(18)29)9-13(32)10-17-22-16-11-14(2-5-19(16)35-25(17)22)34-20-7-8-30-26-15(20)3-6-21(33)31-26;27-18-8-12(9-19(28)24(18)29)7-13(32)10-17-23-16-11-14(1-3-20(16)35-25(17)23)34-21-5-6-30-26-15(21)2-4-22(33)31-26;27-19-4-1-13(10-20(19)28)9-14(31)11-18-24-17-12-15(2-5-21(17)34-25(18)24)33-22-7-8-29-26-16(22)3-6-23(32)30-26/h1,3-5,7-8,11,17,23,25H,2,6,9-10H2,(H,30,31,33);1-2,4-5,7-8,11,17,22,25H,3,6,9-10H2,(H,30,31,33);1,3,5-6,8-9,11,17,23,25H,2,4,7,10H2,(H,30,31,33);1-2,4-5,7-8,10,12,18,24-25H,3,6,9,11H2,(H,29,30,32)/t17-,23-,25+;17-,22-,25+;17-,23-,25+;18-,24-,25+/m0000/s1. The molecule has 0 radical (unpaired) electrons. The third-order valence-corrected chi connectivity index (χ3v) is 26.9. The molecule has 35 heteroatoms. The summed E-state index contributed by atoms with van der Waals surface area (Å²) in [5, 5.41) is 11.0. The number of ketones is 4. The third-order valence-electron chi connectivity index (χ3n) is 26.9. The molecule has 24 rings (SSSR count). The Labute approximate surface area is 782 Å². The molecule has 24 nitrogen and oxygen atoms in total. The Morgan fingerprint density at radius 2 is 0.604 bits per heavy atom. The molecular formula is C104H77F11N8O16. The van der Waals surface area contributed by atoms with Crippen LogP contribution in [-0.4, -0.2) is 91.1 Å². The van der Waals surface area contributed by atoms with E-state index >= 15 is 0 Å². The molecule has 4 aliphatic carbocycles. The van der Waals surface area contributed by atoms with Crippen molar-refractivity contribution in [3.63, 3.8) is 0 Å². The van der Waals surface area contributed by atoms with E-state index in [-0.39, 0.29) is 168 Å². The number of halogens is 11. The summed E-state index contributed by atoms with van der Waals surface area (Å²) in [7, 11) is 0. The minimum absolute atomic E-state index is 0.0120. The topological polar surface area (TPSA) is 310 Å². The van der Waals surface area contributed by atoms with E-state index in [1.54, 1.807) is 67.3 Å². The van der Waals surface area contributed by atoms with E-state index in [1.807, 2.05) is 54.6 Å². The highest BCUT2D eigenvalue weighted by Crippen LogP contribution is 2.65. The fourth-order valence-corrected chi connectivity index (χ4v) is 20.0. The largest absolute Gasteiger partial charge is 0.489 e. The predicted molar refractivity (Wildman–Crippen MR) is 472 cm³/mol. The maximum Gasteiger partial charge on any atom is 0.225 e. The fourth-order valence-electron chi connectivity index (χ4n) is 20.0. The summed E-state index contributed by atoms with van der Waals surface area (Å²) >= 11 is 0. The van der Waals surface area contributed by atoms with Crippen molar-refractivity contribution < 1.29 is 125 Å². The number of hydrogen-bond donors (Lipinski definition) is 4. The predicted octanol–water partition coefficient (Wildman–Crippen LogP) is 19.3. The zero-order chi connectivity index (χ0) is 96.2. The van der Waals surface area contributed by atoms with Gasteiger partial charge in [-0.2, -0.15) is 0 Å². The van der Waals surface area contributed by atoms with Crippen molar-refractivity contribution in [3.8, 4) is 69.0 Å². The normalized spacial score (nSPS) is 21.4. The van der Waals surface area contributed by atoms with Gasteiger partial charge in [-0.3, -0.25) is 38.4 Å². The zero-order valence-electron chi connectivity index (χ0n) is 73.0. The number of hydrogen-bond acceptors (Lipinski definition) is 20. The van der Waals surface area contributed by atoms with Gasteiger partial charge in [-0.25, -0.2) is 68.2 Å². The lowest BCUT2D eigenvalue weighted by Gasteiger charge is -2.19. The first-order valence-electron chi connectivity index (χ1n) is 45.0. The quantitative estimate of drug-likeness (QED) is 0.0248. The first-order chi connectivity index (χ1) is 67.1. The van der Waals surface area contributed by atoms with Gasteiger partial charge in [-0.1, -0.05) is 12.1 Å². The molecular weight excluding hydrogens is 1830 g/mol. The number of carbonyl (C=O) groups excluding carboxylic acids is 8. The summed E-state index contributed by atoms with van der Waals surface area (Å²) in [4.78, 5) is 113. The molecule has 4 fully saturated rings. The van der Waals surface area contributed by atoms with Gasteiger partial charge in [-0.05, 0) is 182 Å². The number of nitrogens with zero attached hydrogens (tertiary/aromatic N) is 4. The molecule has 12 atom stereocenters. The minimum Gasteiger partial charge on any atom is -0.489 e. The van der Waals surface area contributed by atoms with Gasteiger partial charge in [0.2, 0.25) is 23.6 Å². The van der Waals surface area contributed by atoms with Crippen LogP contribution in [-0.2, 0) is 89.7 Å².